The van der Waals surface area contributed by atoms with Gasteiger partial charge in [-0.25, -0.2) is 0 Å². The van der Waals surface area contributed by atoms with Gasteiger partial charge in [0.15, 0.2) is 12.4 Å². The van der Waals surface area contributed by atoms with Gasteiger partial charge in [0.05, 0.1) is 0 Å². The number of rotatable bonds is 6. The Morgan fingerprint density at radius 3 is 2.20 bits per heavy atom. The number of ketones is 1. The zero-order chi connectivity index (χ0) is 17.8. The molecule has 1 fully saturated rings. The molecular weight excluding hydrogens is 320 g/mol. The van der Waals surface area contributed by atoms with Gasteiger partial charge in [0.25, 0.3) is 0 Å². The van der Waals surface area contributed by atoms with Crippen LogP contribution in [0.4, 0.5) is 5.69 Å². The lowest BCUT2D eigenvalue weighted by molar-refractivity contribution is -0.117. The lowest BCUT2D eigenvalue weighted by atomic mass is 10.1. The van der Waals surface area contributed by atoms with E-state index in [1.165, 1.54) is 0 Å². The predicted octanol–water partition coefficient (Wildman–Crippen LogP) is 2.17. The number of amides is 2. The van der Waals surface area contributed by atoms with Crippen LogP contribution in [0.2, 0.25) is 0 Å². The molecule has 0 spiro atoms. The number of ether oxygens (including phenoxy) is 1. The van der Waals surface area contributed by atoms with Crippen molar-refractivity contribution in [3.8, 4) is 5.75 Å². The van der Waals surface area contributed by atoms with Crippen LogP contribution in [0.25, 0.3) is 0 Å². The first-order valence-electron chi connectivity index (χ1n) is 8.01. The van der Waals surface area contributed by atoms with Gasteiger partial charge in [-0.1, -0.05) is 0 Å². The molecule has 2 aromatic rings. The number of Topliss-reactive ketones (excluding diaryl/α,β-unsaturated/α-hetero) is 1. The number of carbonyl (C=O) groups is 3. The average Bonchev–Trinajstić information content (AvgIpc) is 3.06. The zero-order valence-corrected chi connectivity index (χ0v) is 13.6. The van der Waals surface area contributed by atoms with Gasteiger partial charge in [-0.2, -0.15) is 0 Å². The van der Waals surface area contributed by atoms with Crippen LogP contribution >= 0.6 is 0 Å². The van der Waals surface area contributed by atoms with Gasteiger partial charge < -0.3 is 15.4 Å². The fraction of sp³-hybridized carbons (Fsp3) is 0.211. The Morgan fingerprint density at radius 2 is 1.64 bits per heavy atom. The van der Waals surface area contributed by atoms with Crippen LogP contribution in [0.15, 0.2) is 48.5 Å². The summed E-state index contributed by atoms with van der Waals surface area (Å²) >= 11 is 0. The van der Waals surface area contributed by atoms with Crippen molar-refractivity contribution in [2.75, 3.05) is 18.1 Å². The van der Waals surface area contributed by atoms with Crippen LogP contribution < -0.4 is 15.4 Å². The van der Waals surface area contributed by atoms with Crippen molar-refractivity contribution in [3.05, 3.63) is 59.7 Å². The van der Waals surface area contributed by atoms with E-state index in [1.54, 1.807) is 53.4 Å². The predicted molar refractivity (Wildman–Crippen MR) is 92.8 cm³/mol. The Labute approximate surface area is 145 Å². The number of nitrogens with zero attached hydrogens (tertiary/aromatic N) is 1. The van der Waals surface area contributed by atoms with Crippen molar-refractivity contribution in [1.82, 2.24) is 0 Å². The molecule has 6 heteroatoms. The van der Waals surface area contributed by atoms with Crippen molar-refractivity contribution in [3.63, 3.8) is 0 Å². The van der Waals surface area contributed by atoms with Crippen LogP contribution in [-0.4, -0.2) is 30.7 Å². The molecule has 0 saturated carbocycles. The second-order valence-corrected chi connectivity index (χ2v) is 5.80. The molecule has 1 aliphatic rings. The monoisotopic (exact) mass is 338 g/mol. The SMILES string of the molecule is NC(=O)c1ccc(OCC(=O)c2ccc(N3CCCC3=O)cc2)cc1. The molecule has 0 aliphatic carbocycles. The standard InChI is InChI=1S/C19H18N2O4/c20-19(24)14-5-9-16(10-6-14)25-12-17(22)13-3-7-15(8-4-13)21-11-1-2-18(21)23/h3-10H,1-2,11-12H2,(H2,20,24). The van der Waals surface area contributed by atoms with Crippen molar-refractivity contribution >= 4 is 23.3 Å². The molecule has 6 nitrogen and oxygen atoms in total. The molecule has 3 rings (SSSR count). The molecule has 2 N–H and O–H groups in total. The Morgan fingerprint density at radius 1 is 1.00 bits per heavy atom. The summed E-state index contributed by atoms with van der Waals surface area (Å²) in [6.07, 6.45) is 1.44. The molecule has 0 aromatic heterocycles. The van der Waals surface area contributed by atoms with Gasteiger partial charge in [0, 0.05) is 29.8 Å². The first-order chi connectivity index (χ1) is 12.0. The van der Waals surface area contributed by atoms with Crippen LogP contribution in [-0.2, 0) is 4.79 Å². The molecule has 1 saturated heterocycles. The first kappa shape index (κ1) is 16.7. The highest BCUT2D eigenvalue weighted by molar-refractivity contribution is 5.99. The summed E-state index contributed by atoms with van der Waals surface area (Å²) in [5.41, 5.74) is 6.88. The van der Waals surface area contributed by atoms with Crippen LogP contribution in [0.5, 0.6) is 5.75 Å². The fourth-order valence-electron chi connectivity index (χ4n) is 2.70. The highest BCUT2D eigenvalue weighted by atomic mass is 16.5. The summed E-state index contributed by atoms with van der Waals surface area (Å²) in [5.74, 6) is -0.0862. The lowest BCUT2D eigenvalue weighted by Crippen LogP contribution is -2.23. The largest absolute Gasteiger partial charge is 0.485 e. The minimum atomic E-state index is -0.515. The summed E-state index contributed by atoms with van der Waals surface area (Å²) in [6.45, 7) is 0.606. The van der Waals surface area contributed by atoms with Gasteiger partial charge in [-0.15, -0.1) is 0 Å². The van der Waals surface area contributed by atoms with Gasteiger partial charge in [0.2, 0.25) is 11.8 Å². The van der Waals surface area contributed by atoms with Gasteiger partial charge in [-0.05, 0) is 55.0 Å². The number of hydrogen-bond donors (Lipinski definition) is 1. The third kappa shape index (κ3) is 3.85. The summed E-state index contributed by atoms with van der Waals surface area (Å²) in [5, 5.41) is 0. The Bertz CT molecular complexity index is 797. The molecule has 2 amide bonds. The summed E-state index contributed by atoms with van der Waals surface area (Å²) in [6, 6.07) is 13.2. The van der Waals surface area contributed by atoms with E-state index in [4.69, 9.17) is 10.5 Å². The number of nitrogens with two attached hydrogens (primary N) is 1. The smallest absolute Gasteiger partial charge is 0.248 e. The minimum absolute atomic E-state index is 0.113. The van der Waals surface area contributed by atoms with E-state index in [0.29, 0.717) is 23.3 Å². The normalized spacial score (nSPS) is 13.8. The van der Waals surface area contributed by atoms with E-state index >= 15 is 0 Å². The Kier molecular flexibility index (Phi) is 4.79. The number of hydrogen-bond acceptors (Lipinski definition) is 4. The van der Waals surface area contributed by atoms with Gasteiger partial charge in [-0.3, -0.25) is 14.4 Å². The Balaban J connectivity index is 1.59. The van der Waals surface area contributed by atoms with Gasteiger partial charge >= 0.3 is 0 Å². The van der Waals surface area contributed by atoms with Crippen LogP contribution in [0.3, 0.4) is 0 Å². The molecule has 0 atom stereocenters. The van der Waals surface area contributed by atoms with E-state index < -0.39 is 5.91 Å². The van der Waals surface area contributed by atoms with E-state index in [1.807, 2.05) is 0 Å². The second kappa shape index (κ2) is 7.17. The Hall–Kier alpha value is -3.15. The van der Waals surface area contributed by atoms with Crippen molar-refractivity contribution in [2.45, 2.75) is 12.8 Å². The molecule has 25 heavy (non-hydrogen) atoms. The molecule has 1 aliphatic heterocycles. The minimum Gasteiger partial charge on any atom is -0.485 e. The van der Waals surface area contributed by atoms with Crippen LogP contribution in [0.1, 0.15) is 33.6 Å². The van der Waals surface area contributed by atoms with E-state index in [0.717, 1.165) is 18.7 Å². The van der Waals surface area contributed by atoms with E-state index in [-0.39, 0.29) is 18.3 Å². The maximum Gasteiger partial charge on any atom is 0.248 e. The first-order valence-corrected chi connectivity index (χ1v) is 8.01. The number of benzene rings is 2. The third-order valence-electron chi connectivity index (χ3n) is 4.08. The van der Waals surface area contributed by atoms with Crippen molar-refractivity contribution in [1.29, 1.82) is 0 Å². The quantitative estimate of drug-likeness (QED) is 0.818. The molecule has 0 bridgehead atoms. The number of anilines is 1. The molecule has 1 heterocycles. The maximum atomic E-state index is 12.2. The van der Waals surface area contributed by atoms with E-state index in [2.05, 4.69) is 0 Å². The summed E-state index contributed by atoms with van der Waals surface area (Å²) in [4.78, 5) is 36.7. The topological polar surface area (TPSA) is 89.7 Å². The molecule has 0 radical (unpaired) electrons. The summed E-state index contributed by atoms with van der Waals surface area (Å²) < 4.78 is 5.44. The zero-order valence-electron chi connectivity index (χ0n) is 13.6. The van der Waals surface area contributed by atoms with E-state index in [9.17, 15) is 14.4 Å². The van der Waals surface area contributed by atoms with Crippen molar-refractivity contribution in [2.24, 2.45) is 5.73 Å². The molecule has 2 aromatic carbocycles. The molecule has 128 valence electrons. The average molecular weight is 338 g/mol. The molecular formula is C19H18N2O4. The summed E-state index contributed by atoms with van der Waals surface area (Å²) in [7, 11) is 0. The fourth-order valence-corrected chi connectivity index (χ4v) is 2.70. The second-order valence-electron chi connectivity index (χ2n) is 5.80. The number of carbonyl (C=O) groups excluding carboxylic acids is 3. The highest BCUT2D eigenvalue weighted by Crippen LogP contribution is 2.22. The highest BCUT2D eigenvalue weighted by Gasteiger charge is 2.21. The third-order valence-corrected chi connectivity index (χ3v) is 4.08. The molecule has 0 unspecified atom stereocenters. The lowest BCUT2D eigenvalue weighted by Gasteiger charge is -2.15. The van der Waals surface area contributed by atoms with Crippen LogP contribution in [0, 0.1) is 0 Å². The number of primary amides is 1. The maximum absolute atomic E-state index is 12.2. The van der Waals surface area contributed by atoms with Gasteiger partial charge in [0.1, 0.15) is 5.75 Å². The van der Waals surface area contributed by atoms with Crippen molar-refractivity contribution < 1.29 is 19.1 Å².